The molecule has 1 heterocycles. The molecular weight excluding hydrogens is 182 g/mol. The largest absolute Gasteiger partial charge is 0.431 e. The Balaban J connectivity index is 2.11. The van der Waals surface area contributed by atoms with Crippen LogP contribution in [0.25, 0.3) is 0 Å². The highest BCUT2D eigenvalue weighted by molar-refractivity contribution is 5.67. The van der Waals surface area contributed by atoms with Gasteiger partial charge in [0.2, 0.25) is 0 Å². The van der Waals surface area contributed by atoms with E-state index in [-0.39, 0.29) is 0 Å². The summed E-state index contributed by atoms with van der Waals surface area (Å²) in [4.78, 5) is 19.7. The van der Waals surface area contributed by atoms with E-state index in [2.05, 4.69) is 17.2 Å². The molecule has 0 spiro atoms. The minimum absolute atomic E-state index is 0.445. The number of nitrogens with zero attached hydrogens (tertiary/aromatic N) is 2. The molecule has 78 valence electrons. The molecule has 0 unspecified atom stereocenters. The fourth-order valence-corrected chi connectivity index (χ4v) is 0.994. The molecular formula is C9H15N3O2. The van der Waals surface area contributed by atoms with E-state index in [1.54, 1.807) is 12.4 Å². The standard InChI is InChI=1S/C9H15N3O2/c1-2-3-4-5-11-9(13)14-12-7-6-10-8-12/h6-8H,2-5H2,1H3,(H,11,13). The van der Waals surface area contributed by atoms with Gasteiger partial charge < -0.3 is 10.2 Å². The van der Waals surface area contributed by atoms with Crippen LogP contribution in [0.15, 0.2) is 18.7 Å². The minimum Gasteiger partial charge on any atom is -0.320 e. The van der Waals surface area contributed by atoms with Crippen LogP contribution in [0.1, 0.15) is 26.2 Å². The maximum absolute atomic E-state index is 11.1. The quantitative estimate of drug-likeness (QED) is 0.722. The Hall–Kier alpha value is -1.52. The van der Waals surface area contributed by atoms with E-state index in [1.165, 1.54) is 11.1 Å². The van der Waals surface area contributed by atoms with Crippen LogP contribution >= 0.6 is 0 Å². The summed E-state index contributed by atoms with van der Waals surface area (Å²) in [5.74, 6) is 0. The van der Waals surface area contributed by atoms with E-state index in [0.717, 1.165) is 19.3 Å². The lowest BCUT2D eigenvalue weighted by atomic mass is 10.2. The highest BCUT2D eigenvalue weighted by Crippen LogP contribution is 1.91. The maximum atomic E-state index is 11.1. The van der Waals surface area contributed by atoms with Gasteiger partial charge in [-0.3, -0.25) is 0 Å². The average molecular weight is 197 g/mol. The molecule has 14 heavy (non-hydrogen) atoms. The topological polar surface area (TPSA) is 56.1 Å². The normalized spacial score (nSPS) is 9.79. The first kappa shape index (κ1) is 10.6. The van der Waals surface area contributed by atoms with Crippen molar-refractivity contribution >= 4 is 6.09 Å². The van der Waals surface area contributed by atoms with E-state index >= 15 is 0 Å². The van der Waals surface area contributed by atoms with Crippen LogP contribution < -0.4 is 10.2 Å². The van der Waals surface area contributed by atoms with Gasteiger partial charge in [0.15, 0.2) is 0 Å². The molecule has 0 atom stereocenters. The summed E-state index contributed by atoms with van der Waals surface area (Å²) < 4.78 is 1.26. The van der Waals surface area contributed by atoms with Crippen LogP contribution in [0.4, 0.5) is 4.79 Å². The molecule has 1 aromatic rings. The number of unbranched alkanes of at least 4 members (excludes halogenated alkanes) is 2. The van der Waals surface area contributed by atoms with Crippen LogP contribution in [0.2, 0.25) is 0 Å². The van der Waals surface area contributed by atoms with Crippen molar-refractivity contribution in [1.29, 1.82) is 0 Å². The van der Waals surface area contributed by atoms with Gasteiger partial charge in [0, 0.05) is 12.7 Å². The van der Waals surface area contributed by atoms with E-state index < -0.39 is 6.09 Å². The molecule has 1 rings (SSSR count). The van der Waals surface area contributed by atoms with Gasteiger partial charge in [-0.1, -0.05) is 19.8 Å². The Morgan fingerprint density at radius 2 is 2.43 bits per heavy atom. The molecule has 0 aliphatic heterocycles. The molecule has 5 nitrogen and oxygen atoms in total. The second-order valence-electron chi connectivity index (χ2n) is 2.94. The molecule has 0 bridgehead atoms. The fraction of sp³-hybridized carbons (Fsp3) is 0.556. The number of rotatable bonds is 5. The first-order chi connectivity index (χ1) is 6.83. The Morgan fingerprint density at radius 3 is 3.07 bits per heavy atom. The number of imidazole rings is 1. The summed E-state index contributed by atoms with van der Waals surface area (Å²) in [5, 5.41) is 2.65. The van der Waals surface area contributed by atoms with Gasteiger partial charge in [0.25, 0.3) is 0 Å². The van der Waals surface area contributed by atoms with Crippen molar-refractivity contribution in [1.82, 2.24) is 15.0 Å². The van der Waals surface area contributed by atoms with Crippen molar-refractivity contribution in [2.45, 2.75) is 26.2 Å². The third kappa shape index (κ3) is 3.93. The van der Waals surface area contributed by atoms with E-state index in [0.29, 0.717) is 6.54 Å². The van der Waals surface area contributed by atoms with Crippen molar-refractivity contribution in [2.75, 3.05) is 6.54 Å². The summed E-state index contributed by atoms with van der Waals surface area (Å²) in [6.07, 6.45) is 7.32. The zero-order valence-electron chi connectivity index (χ0n) is 8.27. The zero-order chi connectivity index (χ0) is 10.2. The lowest BCUT2D eigenvalue weighted by molar-refractivity contribution is 0.133. The highest BCUT2D eigenvalue weighted by atomic mass is 16.7. The monoisotopic (exact) mass is 197 g/mol. The maximum Gasteiger partial charge on any atom is 0.431 e. The van der Waals surface area contributed by atoms with E-state index in [4.69, 9.17) is 4.84 Å². The summed E-state index contributed by atoms with van der Waals surface area (Å²) >= 11 is 0. The zero-order valence-corrected chi connectivity index (χ0v) is 8.27. The molecule has 0 radical (unpaired) electrons. The Morgan fingerprint density at radius 1 is 1.57 bits per heavy atom. The third-order valence-corrected chi connectivity index (χ3v) is 1.72. The summed E-state index contributed by atoms with van der Waals surface area (Å²) in [6.45, 7) is 2.77. The number of nitrogens with one attached hydrogen (secondary N) is 1. The number of amides is 1. The molecule has 0 aromatic carbocycles. The predicted molar refractivity (Wildman–Crippen MR) is 51.7 cm³/mol. The van der Waals surface area contributed by atoms with E-state index in [1.807, 2.05) is 0 Å². The van der Waals surface area contributed by atoms with Gasteiger partial charge in [-0.2, -0.15) is 4.73 Å². The molecule has 0 aliphatic carbocycles. The van der Waals surface area contributed by atoms with Crippen LogP contribution in [0.3, 0.4) is 0 Å². The van der Waals surface area contributed by atoms with Crippen LogP contribution in [-0.2, 0) is 0 Å². The third-order valence-electron chi connectivity index (χ3n) is 1.72. The number of carbonyl (C=O) groups excluding carboxylic acids is 1. The Labute approximate surface area is 83.0 Å². The van der Waals surface area contributed by atoms with Crippen LogP contribution in [-0.4, -0.2) is 22.4 Å². The Kier molecular flexibility index (Phi) is 4.54. The van der Waals surface area contributed by atoms with Crippen molar-refractivity contribution < 1.29 is 9.63 Å². The van der Waals surface area contributed by atoms with Gasteiger partial charge in [-0.25, -0.2) is 9.78 Å². The van der Waals surface area contributed by atoms with Gasteiger partial charge in [-0.05, 0) is 6.42 Å². The van der Waals surface area contributed by atoms with Crippen molar-refractivity contribution in [3.8, 4) is 0 Å². The van der Waals surface area contributed by atoms with Gasteiger partial charge in [0.05, 0.1) is 6.20 Å². The van der Waals surface area contributed by atoms with Crippen molar-refractivity contribution in [2.24, 2.45) is 0 Å². The lowest BCUT2D eigenvalue weighted by Gasteiger charge is -2.04. The predicted octanol–water partition coefficient (Wildman–Crippen LogP) is 1.21. The minimum atomic E-state index is -0.445. The van der Waals surface area contributed by atoms with Gasteiger partial charge in [-0.15, -0.1) is 0 Å². The second kappa shape index (κ2) is 6.01. The molecule has 1 N–H and O–H groups in total. The second-order valence-corrected chi connectivity index (χ2v) is 2.94. The summed E-state index contributed by atoms with van der Waals surface area (Å²) in [7, 11) is 0. The van der Waals surface area contributed by atoms with Crippen molar-refractivity contribution in [3.05, 3.63) is 18.7 Å². The van der Waals surface area contributed by atoms with E-state index in [9.17, 15) is 4.79 Å². The average Bonchev–Trinajstić information content (AvgIpc) is 2.65. The summed E-state index contributed by atoms with van der Waals surface area (Å²) in [6, 6.07) is 0. The first-order valence-corrected chi connectivity index (χ1v) is 4.77. The number of hydrogen-bond acceptors (Lipinski definition) is 3. The molecule has 0 fully saturated rings. The number of aromatic nitrogens is 2. The smallest absolute Gasteiger partial charge is 0.320 e. The van der Waals surface area contributed by atoms with Gasteiger partial charge in [0.1, 0.15) is 6.33 Å². The first-order valence-electron chi connectivity index (χ1n) is 4.77. The number of carbonyl (C=O) groups is 1. The number of hydrogen-bond donors (Lipinski definition) is 1. The van der Waals surface area contributed by atoms with Crippen LogP contribution in [0.5, 0.6) is 0 Å². The van der Waals surface area contributed by atoms with Gasteiger partial charge >= 0.3 is 6.09 Å². The SMILES string of the molecule is CCCCCNC(=O)On1ccnc1. The molecule has 5 heteroatoms. The molecule has 0 saturated carbocycles. The molecule has 0 saturated heterocycles. The van der Waals surface area contributed by atoms with Crippen LogP contribution in [0, 0.1) is 0 Å². The lowest BCUT2D eigenvalue weighted by Crippen LogP contribution is -2.32. The molecule has 1 aromatic heterocycles. The van der Waals surface area contributed by atoms with Crippen molar-refractivity contribution in [3.63, 3.8) is 0 Å². The molecule has 0 aliphatic rings. The Bertz CT molecular complexity index is 259. The fourth-order valence-electron chi connectivity index (χ4n) is 0.994. The highest BCUT2D eigenvalue weighted by Gasteiger charge is 2.01. The molecule has 1 amide bonds. The summed E-state index contributed by atoms with van der Waals surface area (Å²) in [5.41, 5.74) is 0.